The number of hydrogen-bond donors (Lipinski definition) is 0. The zero-order chi connectivity index (χ0) is 18.7. The third-order valence-electron chi connectivity index (χ3n) is 4.62. The molecule has 134 valence electrons. The summed E-state index contributed by atoms with van der Waals surface area (Å²) in [5, 5.41) is 8.43. The maximum Gasteiger partial charge on any atom is 0.185 e. The molecule has 0 bridgehead atoms. The van der Waals surface area contributed by atoms with Gasteiger partial charge in [0.15, 0.2) is 11.6 Å². The topological polar surface area (TPSA) is 57.9 Å². The Labute approximate surface area is 151 Å². The summed E-state index contributed by atoms with van der Waals surface area (Å²) in [6.07, 6.45) is 15.6. The van der Waals surface area contributed by atoms with Gasteiger partial charge in [-0.05, 0) is 65.7 Å². The Bertz CT molecular complexity index is 654. The van der Waals surface area contributed by atoms with Crippen molar-refractivity contribution in [3.8, 4) is 6.07 Å². The van der Waals surface area contributed by atoms with Gasteiger partial charge in [0.1, 0.15) is 0 Å². The van der Waals surface area contributed by atoms with E-state index in [9.17, 15) is 9.59 Å². The van der Waals surface area contributed by atoms with Crippen LogP contribution >= 0.6 is 0 Å². The highest BCUT2D eigenvalue weighted by Gasteiger charge is 2.26. The van der Waals surface area contributed by atoms with E-state index in [4.69, 9.17) is 5.26 Å². The Balaban J connectivity index is 2.26. The second kappa shape index (κ2) is 11.4. The predicted molar refractivity (Wildman–Crippen MR) is 102 cm³/mol. The molecule has 0 aromatic heterocycles. The van der Waals surface area contributed by atoms with Crippen molar-refractivity contribution >= 4 is 11.6 Å². The van der Waals surface area contributed by atoms with Crippen LogP contribution in [0.25, 0.3) is 0 Å². The van der Waals surface area contributed by atoms with Crippen LogP contribution in [0.4, 0.5) is 0 Å². The summed E-state index contributed by atoms with van der Waals surface area (Å²) in [4.78, 5) is 24.4. The molecule has 25 heavy (non-hydrogen) atoms. The highest BCUT2D eigenvalue weighted by Crippen LogP contribution is 2.27. The zero-order valence-electron chi connectivity index (χ0n) is 15.7. The smallest absolute Gasteiger partial charge is 0.185 e. The van der Waals surface area contributed by atoms with Crippen molar-refractivity contribution in [3.63, 3.8) is 0 Å². The van der Waals surface area contributed by atoms with Gasteiger partial charge >= 0.3 is 0 Å². The lowest BCUT2D eigenvalue weighted by molar-refractivity contribution is -0.116. The van der Waals surface area contributed by atoms with E-state index in [0.29, 0.717) is 35.1 Å². The number of hydrogen-bond acceptors (Lipinski definition) is 3. The maximum absolute atomic E-state index is 12.3. The first-order valence-electron chi connectivity index (χ1n) is 9.14. The number of nitrogens with zero attached hydrogens (tertiary/aromatic N) is 1. The SMILES string of the molecule is CC1=C(C)C(=O)C(CCCC/C=C/C/C=C/CCCC#N)=C(C)C1=O. The first kappa shape index (κ1) is 20.8. The normalized spacial score (nSPS) is 15.8. The molecule has 0 amide bonds. The van der Waals surface area contributed by atoms with Crippen LogP contribution in [-0.2, 0) is 9.59 Å². The molecule has 0 heterocycles. The molecular formula is C22H29NO2. The van der Waals surface area contributed by atoms with Gasteiger partial charge in [0.2, 0.25) is 0 Å². The summed E-state index contributed by atoms with van der Waals surface area (Å²) in [6, 6.07) is 2.14. The van der Waals surface area contributed by atoms with Crippen LogP contribution < -0.4 is 0 Å². The predicted octanol–water partition coefficient (Wildman–Crippen LogP) is 5.55. The van der Waals surface area contributed by atoms with Crippen molar-refractivity contribution in [2.24, 2.45) is 0 Å². The fourth-order valence-corrected chi connectivity index (χ4v) is 2.83. The van der Waals surface area contributed by atoms with E-state index in [1.807, 2.05) is 0 Å². The Morgan fingerprint density at radius 1 is 0.800 bits per heavy atom. The third kappa shape index (κ3) is 6.66. The second-order valence-corrected chi connectivity index (χ2v) is 6.49. The molecule has 0 spiro atoms. The van der Waals surface area contributed by atoms with E-state index < -0.39 is 0 Å². The van der Waals surface area contributed by atoms with Gasteiger partial charge in [0.05, 0.1) is 6.07 Å². The Morgan fingerprint density at radius 3 is 2.04 bits per heavy atom. The fraction of sp³-hybridized carbons (Fsp3) is 0.500. The summed E-state index contributed by atoms with van der Waals surface area (Å²) in [7, 11) is 0. The van der Waals surface area contributed by atoms with E-state index in [2.05, 4.69) is 30.4 Å². The molecule has 1 aliphatic rings. The second-order valence-electron chi connectivity index (χ2n) is 6.49. The van der Waals surface area contributed by atoms with Gasteiger partial charge in [0.25, 0.3) is 0 Å². The summed E-state index contributed by atoms with van der Waals surface area (Å²) in [5.74, 6) is 0.0697. The van der Waals surface area contributed by atoms with Crippen molar-refractivity contribution in [3.05, 3.63) is 46.6 Å². The Kier molecular flexibility index (Phi) is 9.47. The van der Waals surface area contributed by atoms with E-state index in [0.717, 1.165) is 38.5 Å². The van der Waals surface area contributed by atoms with Gasteiger partial charge in [-0.25, -0.2) is 0 Å². The molecule has 0 saturated carbocycles. The van der Waals surface area contributed by atoms with Gasteiger partial charge in [-0.2, -0.15) is 5.26 Å². The fourth-order valence-electron chi connectivity index (χ4n) is 2.83. The molecule has 3 heteroatoms. The van der Waals surface area contributed by atoms with E-state index in [1.54, 1.807) is 20.8 Å². The molecule has 0 fully saturated rings. The number of rotatable bonds is 10. The molecular weight excluding hydrogens is 310 g/mol. The van der Waals surface area contributed by atoms with Gasteiger partial charge in [-0.1, -0.05) is 24.3 Å². The van der Waals surface area contributed by atoms with E-state index >= 15 is 0 Å². The largest absolute Gasteiger partial charge is 0.289 e. The molecule has 0 N–H and O–H groups in total. The van der Waals surface area contributed by atoms with Crippen LogP contribution in [0.15, 0.2) is 46.6 Å². The van der Waals surface area contributed by atoms with Crippen LogP contribution in [0, 0.1) is 11.3 Å². The third-order valence-corrected chi connectivity index (χ3v) is 4.62. The van der Waals surface area contributed by atoms with Crippen molar-refractivity contribution in [1.82, 2.24) is 0 Å². The van der Waals surface area contributed by atoms with E-state index in [1.165, 1.54) is 0 Å². The number of carbonyl (C=O) groups excluding carboxylic acids is 2. The molecule has 0 atom stereocenters. The van der Waals surface area contributed by atoms with Crippen molar-refractivity contribution < 1.29 is 9.59 Å². The van der Waals surface area contributed by atoms with Gasteiger partial charge < -0.3 is 0 Å². The van der Waals surface area contributed by atoms with Gasteiger partial charge in [-0.3, -0.25) is 9.59 Å². The monoisotopic (exact) mass is 339 g/mol. The highest BCUT2D eigenvalue weighted by atomic mass is 16.1. The summed E-state index contributed by atoms with van der Waals surface area (Å²) in [5.41, 5.74) is 2.53. The van der Waals surface area contributed by atoms with Gasteiger partial charge in [0, 0.05) is 28.7 Å². The van der Waals surface area contributed by atoms with Crippen molar-refractivity contribution in [2.75, 3.05) is 0 Å². The molecule has 0 aliphatic heterocycles. The summed E-state index contributed by atoms with van der Waals surface area (Å²) >= 11 is 0. The molecule has 0 aromatic rings. The minimum atomic E-state index is 0.0218. The highest BCUT2D eigenvalue weighted by molar-refractivity contribution is 6.24. The molecule has 0 saturated heterocycles. The van der Waals surface area contributed by atoms with Crippen molar-refractivity contribution in [1.29, 1.82) is 5.26 Å². The minimum Gasteiger partial charge on any atom is -0.289 e. The maximum atomic E-state index is 12.3. The van der Waals surface area contributed by atoms with Crippen LogP contribution in [-0.4, -0.2) is 11.6 Å². The number of allylic oxidation sites excluding steroid dienone is 8. The van der Waals surface area contributed by atoms with Gasteiger partial charge in [-0.15, -0.1) is 0 Å². The van der Waals surface area contributed by atoms with Crippen LogP contribution in [0.2, 0.25) is 0 Å². The molecule has 1 rings (SSSR count). The number of carbonyl (C=O) groups is 2. The lowest BCUT2D eigenvalue weighted by atomic mass is 9.84. The number of ketones is 2. The molecule has 0 unspecified atom stereocenters. The van der Waals surface area contributed by atoms with Crippen LogP contribution in [0.3, 0.4) is 0 Å². The standard InChI is InChI=1S/C22H29NO2/c1-17-18(2)22(25)20(19(3)21(17)24)15-13-11-9-7-5-4-6-8-10-12-14-16-23/h5-8H,4,9-15H2,1-3H3/b7-5+,8-6+. The Morgan fingerprint density at radius 2 is 1.40 bits per heavy atom. The van der Waals surface area contributed by atoms with Crippen molar-refractivity contribution in [2.45, 2.75) is 72.1 Å². The molecule has 1 aliphatic carbocycles. The number of unbranched alkanes of at least 4 members (excludes halogenated alkanes) is 4. The molecule has 0 radical (unpaired) electrons. The average Bonchev–Trinajstić information content (AvgIpc) is 2.61. The zero-order valence-corrected chi connectivity index (χ0v) is 15.7. The lowest BCUT2D eigenvalue weighted by Crippen LogP contribution is -2.20. The lowest BCUT2D eigenvalue weighted by Gasteiger charge is -2.18. The summed E-state index contributed by atoms with van der Waals surface area (Å²) < 4.78 is 0. The van der Waals surface area contributed by atoms with Crippen LogP contribution in [0.1, 0.15) is 72.1 Å². The first-order valence-corrected chi connectivity index (χ1v) is 9.14. The molecule has 0 aromatic carbocycles. The number of Topliss-reactive ketones (excluding diaryl/α,β-unsaturated/α-hetero) is 2. The Hall–Kier alpha value is -2.21. The summed E-state index contributed by atoms with van der Waals surface area (Å²) in [6.45, 7) is 5.26. The van der Waals surface area contributed by atoms with Crippen LogP contribution in [0.5, 0.6) is 0 Å². The average molecular weight is 339 g/mol. The number of nitriles is 1. The van der Waals surface area contributed by atoms with E-state index in [-0.39, 0.29) is 11.6 Å². The first-order chi connectivity index (χ1) is 12.0. The molecule has 3 nitrogen and oxygen atoms in total. The quantitative estimate of drug-likeness (QED) is 0.298. The minimum absolute atomic E-state index is 0.0218.